The van der Waals surface area contributed by atoms with E-state index in [-0.39, 0.29) is 29.8 Å². The van der Waals surface area contributed by atoms with Crippen LogP contribution >= 0.6 is 0 Å². The summed E-state index contributed by atoms with van der Waals surface area (Å²) in [6.07, 6.45) is 5.25. The zero-order chi connectivity index (χ0) is 15.3. The molecule has 1 aliphatic rings. The van der Waals surface area contributed by atoms with Crippen LogP contribution in [0.1, 0.15) is 66.7 Å². The molecule has 0 aromatic heterocycles. The molecule has 1 aliphatic heterocycles. The Balaban J connectivity index is 3.01. The number of hydrogen-bond acceptors (Lipinski definition) is 2. The van der Waals surface area contributed by atoms with Gasteiger partial charge in [0.25, 0.3) is 0 Å². The van der Waals surface area contributed by atoms with Crippen LogP contribution in [0.25, 0.3) is 0 Å². The molecule has 3 atom stereocenters. The van der Waals surface area contributed by atoms with Crippen LogP contribution in [0.15, 0.2) is 0 Å². The first-order valence-corrected chi connectivity index (χ1v) is 8.06. The van der Waals surface area contributed by atoms with Crippen molar-refractivity contribution in [2.24, 2.45) is 5.92 Å². The van der Waals surface area contributed by atoms with Gasteiger partial charge in [-0.15, -0.1) is 0 Å². The molecule has 0 aliphatic carbocycles. The van der Waals surface area contributed by atoms with Crippen LogP contribution in [0, 0.1) is 5.92 Å². The highest BCUT2D eigenvalue weighted by Crippen LogP contribution is 2.25. The zero-order valence-electron chi connectivity index (χ0n) is 13.6. The molecule has 116 valence electrons. The van der Waals surface area contributed by atoms with E-state index >= 15 is 0 Å². The lowest BCUT2D eigenvalue weighted by atomic mass is 9.92. The van der Waals surface area contributed by atoms with Gasteiger partial charge in [0.1, 0.15) is 12.1 Å². The van der Waals surface area contributed by atoms with E-state index in [1.54, 1.807) is 6.92 Å². The third kappa shape index (κ3) is 3.74. The molecular weight excluding hydrogens is 252 g/mol. The monoisotopic (exact) mass is 282 g/mol. The van der Waals surface area contributed by atoms with E-state index in [0.29, 0.717) is 0 Å². The molecule has 0 aromatic rings. The Kier molecular flexibility index (Phi) is 6.50. The SMILES string of the molecule is CCCCC(CCC)N1C(=O)C(C)NC(=O)C1C(C)C. The maximum Gasteiger partial charge on any atom is 0.245 e. The van der Waals surface area contributed by atoms with E-state index in [1.807, 2.05) is 18.7 Å². The van der Waals surface area contributed by atoms with E-state index in [9.17, 15) is 9.59 Å². The lowest BCUT2D eigenvalue weighted by Gasteiger charge is -2.44. The Morgan fingerprint density at radius 1 is 1.15 bits per heavy atom. The van der Waals surface area contributed by atoms with Crippen LogP contribution in [0.2, 0.25) is 0 Å². The van der Waals surface area contributed by atoms with Gasteiger partial charge in [-0.25, -0.2) is 0 Å². The van der Waals surface area contributed by atoms with Gasteiger partial charge >= 0.3 is 0 Å². The normalized spacial score (nSPS) is 25.0. The second-order valence-electron chi connectivity index (χ2n) is 6.25. The van der Waals surface area contributed by atoms with Gasteiger partial charge in [0.15, 0.2) is 0 Å². The third-order valence-corrected chi connectivity index (χ3v) is 4.09. The van der Waals surface area contributed by atoms with E-state index in [0.717, 1.165) is 32.1 Å². The smallest absolute Gasteiger partial charge is 0.245 e. The Morgan fingerprint density at radius 3 is 2.30 bits per heavy atom. The topological polar surface area (TPSA) is 49.4 Å². The summed E-state index contributed by atoms with van der Waals surface area (Å²) in [5.74, 6) is 0.231. The number of nitrogens with one attached hydrogen (secondary N) is 1. The predicted octanol–water partition coefficient (Wildman–Crippen LogP) is 2.72. The van der Waals surface area contributed by atoms with E-state index in [4.69, 9.17) is 0 Å². The van der Waals surface area contributed by atoms with Crippen molar-refractivity contribution in [3.05, 3.63) is 0 Å². The fourth-order valence-corrected chi connectivity index (χ4v) is 3.07. The van der Waals surface area contributed by atoms with Gasteiger partial charge in [0, 0.05) is 6.04 Å². The summed E-state index contributed by atoms with van der Waals surface area (Å²) in [6.45, 7) is 10.1. The van der Waals surface area contributed by atoms with Crippen LogP contribution in [0.4, 0.5) is 0 Å². The Bertz CT molecular complexity index is 341. The van der Waals surface area contributed by atoms with Crippen LogP contribution in [-0.2, 0) is 9.59 Å². The van der Waals surface area contributed by atoms with Crippen molar-refractivity contribution < 1.29 is 9.59 Å². The van der Waals surface area contributed by atoms with Gasteiger partial charge < -0.3 is 10.2 Å². The van der Waals surface area contributed by atoms with Gasteiger partial charge in [0.05, 0.1) is 0 Å². The lowest BCUT2D eigenvalue weighted by Crippen LogP contribution is -2.66. The maximum absolute atomic E-state index is 12.6. The molecule has 1 saturated heterocycles. The van der Waals surface area contributed by atoms with Crippen LogP contribution in [0.3, 0.4) is 0 Å². The molecule has 1 fully saturated rings. The Labute approximate surface area is 123 Å². The highest BCUT2D eigenvalue weighted by Gasteiger charge is 2.42. The molecule has 0 bridgehead atoms. The van der Waals surface area contributed by atoms with Crippen molar-refractivity contribution in [3.63, 3.8) is 0 Å². The van der Waals surface area contributed by atoms with E-state index in [1.165, 1.54) is 0 Å². The van der Waals surface area contributed by atoms with Gasteiger partial charge in [-0.1, -0.05) is 47.0 Å². The number of piperazine rings is 1. The summed E-state index contributed by atoms with van der Waals surface area (Å²) < 4.78 is 0. The standard InChI is InChI=1S/C16H30N2O2/c1-6-8-10-13(9-7-2)18-14(11(3)4)15(19)17-12(5)16(18)20/h11-14H,6-10H2,1-5H3,(H,17,19). The van der Waals surface area contributed by atoms with Crippen molar-refractivity contribution in [2.75, 3.05) is 0 Å². The molecule has 4 heteroatoms. The van der Waals surface area contributed by atoms with Crippen molar-refractivity contribution in [2.45, 2.75) is 84.8 Å². The molecule has 3 unspecified atom stereocenters. The number of carbonyl (C=O) groups is 2. The summed E-state index contributed by atoms with van der Waals surface area (Å²) in [7, 11) is 0. The minimum Gasteiger partial charge on any atom is -0.343 e. The first-order valence-electron chi connectivity index (χ1n) is 8.06. The number of rotatable bonds is 7. The Morgan fingerprint density at radius 2 is 1.80 bits per heavy atom. The number of carbonyl (C=O) groups excluding carboxylic acids is 2. The van der Waals surface area contributed by atoms with E-state index < -0.39 is 6.04 Å². The summed E-state index contributed by atoms with van der Waals surface area (Å²) >= 11 is 0. The number of amides is 2. The molecule has 0 radical (unpaired) electrons. The molecule has 1 rings (SSSR count). The molecule has 4 nitrogen and oxygen atoms in total. The number of hydrogen-bond donors (Lipinski definition) is 1. The summed E-state index contributed by atoms with van der Waals surface area (Å²) in [6, 6.07) is -0.501. The van der Waals surface area contributed by atoms with Crippen molar-refractivity contribution in [3.8, 4) is 0 Å². The average Bonchev–Trinajstić information content (AvgIpc) is 2.38. The summed E-state index contributed by atoms with van der Waals surface area (Å²) in [5, 5.41) is 2.81. The minimum absolute atomic E-state index is 0.00435. The molecule has 0 spiro atoms. The van der Waals surface area contributed by atoms with Gasteiger partial charge in [-0.05, 0) is 25.7 Å². The highest BCUT2D eigenvalue weighted by molar-refractivity contribution is 5.97. The van der Waals surface area contributed by atoms with Gasteiger partial charge in [-0.2, -0.15) is 0 Å². The number of nitrogens with zero attached hydrogens (tertiary/aromatic N) is 1. The van der Waals surface area contributed by atoms with Crippen molar-refractivity contribution >= 4 is 11.8 Å². The predicted molar refractivity (Wildman–Crippen MR) is 81.3 cm³/mol. The largest absolute Gasteiger partial charge is 0.343 e. The average molecular weight is 282 g/mol. The second kappa shape index (κ2) is 7.65. The molecule has 0 saturated carbocycles. The lowest BCUT2D eigenvalue weighted by molar-refractivity contribution is -0.154. The maximum atomic E-state index is 12.6. The number of unbranched alkanes of at least 4 members (excludes halogenated alkanes) is 1. The second-order valence-corrected chi connectivity index (χ2v) is 6.25. The van der Waals surface area contributed by atoms with Gasteiger partial charge in [-0.3, -0.25) is 9.59 Å². The van der Waals surface area contributed by atoms with Crippen molar-refractivity contribution in [1.29, 1.82) is 0 Å². The minimum atomic E-state index is -0.390. The van der Waals surface area contributed by atoms with Crippen LogP contribution in [-0.4, -0.2) is 34.8 Å². The fourth-order valence-electron chi connectivity index (χ4n) is 3.07. The molecule has 0 aromatic carbocycles. The Hall–Kier alpha value is -1.06. The van der Waals surface area contributed by atoms with Gasteiger partial charge in [0.2, 0.25) is 11.8 Å². The third-order valence-electron chi connectivity index (χ3n) is 4.09. The highest BCUT2D eigenvalue weighted by atomic mass is 16.2. The first kappa shape index (κ1) is 17.0. The fraction of sp³-hybridized carbons (Fsp3) is 0.875. The van der Waals surface area contributed by atoms with Crippen LogP contribution in [0.5, 0.6) is 0 Å². The molecular formula is C16H30N2O2. The molecule has 1 heterocycles. The summed E-state index contributed by atoms with van der Waals surface area (Å²) in [4.78, 5) is 26.8. The quantitative estimate of drug-likeness (QED) is 0.780. The van der Waals surface area contributed by atoms with E-state index in [2.05, 4.69) is 19.2 Å². The first-order chi connectivity index (χ1) is 9.43. The zero-order valence-corrected chi connectivity index (χ0v) is 13.6. The summed E-state index contributed by atoms with van der Waals surface area (Å²) in [5.41, 5.74) is 0. The molecule has 1 N–H and O–H groups in total. The molecule has 2 amide bonds. The molecule has 20 heavy (non-hydrogen) atoms. The van der Waals surface area contributed by atoms with Crippen LogP contribution < -0.4 is 5.32 Å². The van der Waals surface area contributed by atoms with Crippen molar-refractivity contribution in [1.82, 2.24) is 10.2 Å².